The molecule has 0 aliphatic carbocycles. The van der Waals surface area contributed by atoms with Gasteiger partial charge in [0.25, 0.3) is 5.91 Å². The Kier molecular flexibility index (Phi) is 6.56. The number of nitro benzene ring substituents is 1. The number of nitrogens with one attached hydrogen (secondary N) is 2. The van der Waals surface area contributed by atoms with Crippen molar-refractivity contribution in [3.05, 3.63) is 64.0 Å². The Morgan fingerprint density at radius 3 is 2.77 bits per heavy atom. The number of ether oxygens (including phenoxy) is 1. The number of nitro groups is 1. The van der Waals surface area contributed by atoms with Gasteiger partial charge in [0, 0.05) is 17.3 Å². The average molecular weight is 377 g/mol. The van der Waals surface area contributed by atoms with Crippen molar-refractivity contribution in [2.24, 2.45) is 0 Å². The van der Waals surface area contributed by atoms with Crippen molar-refractivity contribution in [1.29, 1.82) is 0 Å². The van der Waals surface area contributed by atoms with Crippen LogP contribution in [-0.2, 0) is 0 Å². The Balaban J connectivity index is 2.02. The quantitative estimate of drug-likeness (QED) is 0.453. The van der Waals surface area contributed by atoms with Gasteiger partial charge in [-0.2, -0.15) is 4.39 Å². The SMILES string of the molecule is CCCOc1cccc(C(=O)NC(=S)Nc2ccc(F)c([N+](=O)[O-])c2)c1. The largest absolute Gasteiger partial charge is 0.494 e. The average Bonchev–Trinajstić information content (AvgIpc) is 2.61. The molecule has 0 aromatic heterocycles. The van der Waals surface area contributed by atoms with Crippen molar-refractivity contribution in [3.63, 3.8) is 0 Å². The fourth-order valence-corrected chi connectivity index (χ4v) is 2.23. The smallest absolute Gasteiger partial charge is 0.306 e. The third kappa shape index (κ3) is 5.21. The number of hydrogen-bond acceptors (Lipinski definition) is 5. The Labute approximate surface area is 154 Å². The molecule has 0 saturated carbocycles. The number of hydrogen-bond donors (Lipinski definition) is 2. The number of halogens is 1. The summed E-state index contributed by atoms with van der Waals surface area (Å²) in [6.45, 7) is 2.51. The normalized spacial score (nSPS) is 10.1. The Bertz CT molecular complexity index is 845. The van der Waals surface area contributed by atoms with E-state index in [1.54, 1.807) is 24.3 Å². The molecule has 0 aliphatic rings. The maximum absolute atomic E-state index is 13.3. The van der Waals surface area contributed by atoms with E-state index in [0.29, 0.717) is 17.9 Å². The first-order valence-electron chi connectivity index (χ1n) is 7.70. The molecule has 0 spiro atoms. The van der Waals surface area contributed by atoms with E-state index >= 15 is 0 Å². The van der Waals surface area contributed by atoms with Crippen molar-refractivity contribution in [1.82, 2.24) is 5.32 Å². The predicted octanol–water partition coefficient (Wildman–Crippen LogP) is 3.65. The number of benzene rings is 2. The first-order valence-corrected chi connectivity index (χ1v) is 8.10. The highest BCUT2D eigenvalue weighted by Gasteiger charge is 2.15. The molecule has 0 unspecified atom stereocenters. The second kappa shape index (κ2) is 8.86. The summed E-state index contributed by atoms with van der Waals surface area (Å²) in [6, 6.07) is 9.81. The summed E-state index contributed by atoms with van der Waals surface area (Å²) in [5.74, 6) is -0.868. The molecule has 2 aromatic carbocycles. The summed E-state index contributed by atoms with van der Waals surface area (Å²) >= 11 is 5.02. The number of carbonyl (C=O) groups is 1. The van der Waals surface area contributed by atoms with E-state index in [0.717, 1.165) is 18.6 Å². The molecule has 7 nitrogen and oxygen atoms in total. The topological polar surface area (TPSA) is 93.5 Å². The third-order valence-electron chi connectivity index (χ3n) is 3.20. The van der Waals surface area contributed by atoms with Gasteiger partial charge in [-0.15, -0.1) is 0 Å². The highest BCUT2D eigenvalue weighted by Crippen LogP contribution is 2.21. The maximum Gasteiger partial charge on any atom is 0.306 e. The minimum Gasteiger partial charge on any atom is -0.494 e. The number of amides is 1. The number of anilines is 1. The van der Waals surface area contributed by atoms with Crippen molar-refractivity contribution in [3.8, 4) is 5.75 Å². The number of thiocarbonyl (C=S) groups is 1. The van der Waals surface area contributed by atoms with Crippen molar-refractivity contribution >= 4 is 34.6 Å². The molecule has 136 valence electrons. The van der Waals surface area contributed by atoms with E-state index in [2.05, 4.69) is 10.6 Å². The van der Waals surface area contributed by atoms with E-state index in [1.165, 1.54) is 6.07 Å². The monoisotopic (exact) mass is 377 g/mol. The van der Waals surface area contributed by atoms with Gasteiger partial charge in [0.2, 0.25) is 5.82 Å². The zero-order valence-electron chi connectivity index (χ0n) is 13.8. The van der Waals surface area contributed by atoms with Crippen LogP contribution in [0.15, 0.2) is 42.5 Å². The fourth-order valence-electron chi connectivity index (χ4n) is 2.01. The van der Waals surface area contributed by atoms with Crippen LogP contribution in [0.2, 0.25) is 0 Å². The van der Waals surface area contributed by atoms with Crippen LogP contribution in [0, 0.1) is 15.9 Å². The first-order chi connectivity index (χ1) is 12.4. The maximum atomic E-state index is 13.3. The molecule has 0 fully saturated rings. The van der Waals surface area contributed by atoms with Gasteiger partial charge >= 0.3 is 5.69 Å². The van der Waals surface area contributed by atoms with Gasteiger partial charge in [-0.3, -0.25) is 20.2 Å². The lowest BCUT2D eigenvalue weighted by molar-refractivity contribution is -0.387. The zero-order valence-corrected chi connectivity index (χ0v) is 14.6. The van der Waals surface area contributed by atoms with Crippen LogP contribution in [0.25, 0.3) is 0 Å². The predicted molar refractivity (Wildman–Crippen MR) is 99.0 cm³/mol. The van der Waals surface area contributed by atoms with E-state index < -0.39 is 22.3 Å². The molecule has 0 atom stereocenters. The van der Waals surface area contributed by atoms with Crippen LogP contribution >= 0.6 is 12.2 Å². The molecule has 9 heteroatoms. The minimum absolute atomic E-state index is 0.0733. The second-order valence-corrected chi connectivity index (χ2v) is 5.62. The molecule has 0 aliphatic heterocycles. The van der Waals surface area contributed by atoms with Crippen LogP contribution in [0.1, 0.15) is 23.7 Å². The number of nitrogens with zero attached hydrogens (tertiary/aromatic N) is 1. The summed E-state index contributed by atoms with van der Waals surface area (Å²) in [7, 11) is 0. The lowest BCUT2D eigenvalue weighted by Crippen LogP contribution is -2.34. The van der Waals surface area contributed by atoms with Crippen molar-refractivity contribution in [2.45, 2.75) is 13.3 Å². The highest BCUT2D eigenvalue weighted by atomic mass is 32.1. The number of rotatable bonds is 6. The van der Waals surface area contributed by atoms with Crippen LogP contribution < -0.4 is 15.4 Å². The molecule has 2 aromatic rings. The van der Waals surface area contributed by atoms with Crippen LogP contribution in [0.5, 0.6) is 5.75 Å². The molecule has 0 bridgehead atoms. The van der Waals surface area contributed by atoms with Crippen molar-refractivity contribution in [2.75, 3.05) is 11.9 Å². The first kappa shape index (κ1) is 19.3. The summed E-state index contributed by atoms with van der Waals surface area (Å²) < 4.78 is 18.8. The zero-order chi connectivity index (χ0) is 19.1. The van der Waals surface area contributed by atoms with Gasteiger partial charge in [-0.25, -0.2) is 0 Å². The van der Waals surface area contributed by atoms with Gasteiger partial charge < -0.3 is 10.1 Å². The van der Waals surface area contributed by atoms with Gasteiger partial charge in [0.15, 0.2) is 5.11 Å². The molecular formula is C17H16FN3O4S. The summed E-state index contributed by atoms with van der Waals surface area (Å²) in [6.07, 6.45) is 0.842. The van der Waals surface area contributed by atoms with Gasteiger partial charge in [0.05, 0.1) is 11.5 Å². The highest BCUT2D eigenvalue weighted by molar-refractivity contribution is 7.80. The summed E-state index contributed by atoms with van der Waals surface area (Å²) in [4.78, 5) is 22.1. The molecule has 0 heterocycles. The Morgan fingerprint density at radius 1 is 1.31 bits per heavy atom. The van der Waals surface area contributed by atoms with Crippen molar-refractivity contribution < 1.29 is 18.8 Å². The lowest BCUT2D eigenvalue weighted by atomic mass is 10.2. The fraction of sp³-hybridized carbons (Fsp3) is 0.176. The molecular weight excluding hydrogens is 361 g/mol. The third-order valence-corrected chi connectivity index (χ3v) is 3.40. The molecule has 2 rings (SSSR count). The van der Waals surface area contributed by atoms with E-state index in [9.17, 15) is 19.3 Å². The van der Waals surface area contributed by atoms with Gasteiger partial charge in [-0.05, 0) is 49.0 Å². The molecule has 26 heavy (non-hydrogen) atoms. The van der Waals surface area contributed by atoms with Gasteiger partial charge in [0.1, 0.15) is 5.75 Å². The van der Waals surface area contributed by atoms with Crippen LogP contribution in [0.3, 0.4) is 0 Å². The Hall–Kier alpha value is -3.07. The Morgan fingerprint density at radius 2 is 2.08 bits per heavy atom. The van der Waals surface area contributed by atoms with E-state index in [1.807, 2.05) is 6.92 Å². The lowest BCUT2D eigenvalue weighted by Gasteiger charge is -2.10. The van der Waals surface area contributed by atoms with Crippen LogP contribution in [-0.4, -0.2) is 22.5 Å². The standard InChI is InChI=1S/C17H16FN3O4S/c1-2-8-25-13-5-3-4-11(9-13)16(22)20-17(26)19-12-6-7-14(18)15(10-12)21(23)24/h3-7,9-10H,2,8H2,1H3,(H2,19,20,22,26). The van der Waals surface area contributed by atoms with E-state index in [-0.39, 0.29) is 10.8 Å². The summed E-state index contributed by atoms with van der Waals surface area (Å²) in [5, 5.41) is 15.7. The number of carbonyl (C=O) groups excluding carboxylic acids is 1. The molecule has 0 saturated heterocycles. The van der Waals surface area contributed by atoms with E-state index in [4.69, 9.17) is 17.0 Å². The van der Waals surface area contributed by atoms with Gasteiger partial charge in [-0.1, -0.05) is 13.0 Å². The molecule has 0 radical (unpaired) electrons. The van der Waals surface area contributed by atoms with Crippen LogP contribution in [0.4, 0.5) is 15.8 Å². The minimum atomic E-state index is -0.959. The molecule has 2 N–H and O–H groups in total. The summed E-state index contributed by atoms with van der Waals surface area (Å²) in [5.41, 5.74) is -0.166. The second-order valence-electron chi connectivity index (χ2n) is 5.21. The molecule has 1 amide bonds.